The van der Waals surface area contributed by atoms with Crippen molar-refractivity contribution in [2.45, 2.75) is 24.3 Å². The quantitative estimate of drug-likeness (QED) is 0.833. The first-order chi connectivity index (χ1) is 12.8. The number of ether oxygens (including phenoxy) is 1. The minimum atomic E-state index is -3.47. The van der Waals surface area contributed by atoms with Gasteiger partial charge in [0.2, 0.25) is 5.91 Å². The van der Waals surface area contributed by atoms with E-state index in [0.717, 1.165) is 5.56 Å². The molecule has 1 N–H and O–H groups in total. The molecule has 2 aliphatic heterocycles. The number of carbonyl (C=O) groups excluding carboxylic acids is 2. The van der Waals surface area contributed by atoms with E-state index in [2.05, 4.69) is 10.5 Å². The number of nitrogens with zero attached hydrogens (tertiary/aromatic N) is 2. The monoisotopic (exact) mass is 391 g/mol. The highest BCUT2D eigenvalue weighted by atomic mass is 32.2. The van der Waals surface area contributed by atoms with Crippen LogP contribution in [0.25, 0.3) is 11.3 Å². The Bertz CT molecular complexity index is 1030. The van der Waals surface area contributed by atoms with Crippen molar-refractivity contribution >= 4 is 27.5 Å². The molecular weight excluding hydrogens is 374 g/mol. The lowest BCUT2D eigenvalue weighted by Crippen LogP contribution is -2.33. The Labute approximate surface area is 155 Å². The number of amides is 2. The molecule has 0 bridgehead atoms. The number of cyclic esters (lactones) is 1. The standard InChI is InChI=1S/C17H17N3O6S/c1-10(21)18-7-13-9-20(17(22)25-13)12-2-3-14-11(6-12)4-5-27(23,24)15-8-19-26-16(14)15/h2-3,6,8,13H,4-5,7,9H2,1H3,(H,18,21)/t13-/m0/s1. The second-order valence-corrected chi connectivity index (χ2v) is 8.56. The zero-order chi connectivity index (χ0) is 19.2. The van der Waals surface area contributed by atoms with Crippen molar-refractivity contribution in [2.24, 2.45) is 0 Å². The highest BCUT2D eigenvalue weighted by molar-refractivity contribution is 7.91. The largest absolute Gasteiger partial charge is 0.442 e. The molecule has 3 heterocycles. The van der Waals surface area contributed by atoms with Gasteiger partial charge in [-0.2, -0.15) is 0 Å². The highest BCUT2D eigenvalue weighted by Gasteiger charge is 2.34. The van der Waals surface area contributed by atoms with Crippen molar-refractivity contribution in [2.75, 3.05) is 23.7 Å². The van der Waals surface area contributed by atoms with Gasteiger partial charge in [-0.15, -0.1) is 0 Å². The molecule has 1 saturated heterocycles. The number of aromatic nitrogens is 1. The summed E-state index contributed by atoms with van der Waals surface area (Å²) in [5, 5.41) is 6.25. The van der Waals surface area contributed by atoms with Gasteiger partial charge < -0.3 is 14.6 Å². The zero-order valence-corrected chi connectivity index (χ0v) is 15.3. The molecule has 2 aliphatic rings. The molecule has 9 nitrogen and oxygen atoms in total. The summed E-state index contributed by atoms with van der Waals surface area (Å²) in [7, 11) is -3.47. The van der Waals surface area contributed by atoms with E-state index in [4.69, 9.17) is 9.26 Å². The third kappa shape index (κ3) is 3.16. The number of fused-ring (bicyclic) bond motifs is 3. The normalized spacial score (nSPS) is 20.4. The molecule has 0 saturated carbocycles. The van der Waals surface area contributed by atoms with Crippen LogP contribution in [0.2, 0.25) is 0 Å². The molecule has 27 heavy (non-hydrogen) atoms. The summed E-state index contributed by atoms with van der Waals surface area (Å²) >= 11 is 0. The maximum atomic E-state index is 12.4. The Kier molecular flexibility index (Phi) is 4.14. The zero-order valence-electron chi connectivity index (χ0n) is 14.5. The molecule has 0 unspecified atom stereocenters. The van der Waals surface area contributed by atoms with Crippen molar-refractivity contribution in [3.8, 4) is 11.3 Å². The lowest BCUT2D eigenvalue weighted by molar-refractivity contribution is -0.119. The Morgan fingerprint density at radius 2 is 2.22 bits per heavy atom. The SMILES string of the molecule is CC(=O)NC[C@H]1CN(c2ccc3c(c2)CCS(=O)(=O)c2cnoc2-3)C(=O)O1. The Morgan fingerprint density at radius 3 is 3.00 bits per heavy atom. The molecular formula is C17H17N3O6S. The van der Waals surface area contributed by atoms with E-state index in [1.165, 1.54) is 18.0 Å². The first-order valence-corrected chi connectivity index (χ1v) is 10.0. The van der Waals surface area contributed by atoms with E-state index >= 15 is 0 Å². The molecule has 1 aromatic carbocycles. The fraction of sp³-hybridized carbons (Fsp3) is 0.353. The second kappa shape index (κ2) is 6.38. The number of hydrogen-bond acceptors (Lipinski definition) is 7. The Morgan fingerprint density at radius 1 is 1.41 bits per heavy atom. The van der Waals surface area contributed by atoms with Gasteiger partial charge in [0.25, 0.3) is 0 Å². The van der Waals surface area contributed by atoms with E-state index in [1.54, 1.807) is 18.2 Å². The lowest BCUT2D eigenvalue weighted by Gasteiger charge is -2.15. The number of sulfone groups is 1. The first-order valence-electron chi connectivity index (χ1n) is 8.38. The number of benzene rings is 1. The van der Waals surface area contributed by atoms with E-state index < -0.39 is 22.0 Å². The third-order valence-electron chi connectivity index (χ3n) is 4.61. The molecule has 0 radical (unpaired) electrons. The van der Waals surface area contributed by atoms with Crippen LogP contribution in [0.1, 0.15) is 12.5 Å². The van der Waals surface area contributed by atoms with Gasteiger partial charge in [0.1, 0.15) is 11.0 Å². The molecule has 0 aliphatic carbocycles. The van der Waals surface area contributed by atoms with Gasteiger partial charge in [0, 0.05) is 18.2 Å². The van der Waals surface area contributed by atoms with Crippen LogP contribution in [-0.2, 0) is 25.8 Å². The molecule has 2 aromatic rings. The first kappa shape index (κ1) is 17.5. The predicted octanol–water partition coefficient (Wildman–Crippen LogP) is 1.13. The fourth-order valence-corrected chi connectivity index (χ4v) is 4.60. The van der Waals surface area contributed by atoms with E-state index in [9.17, 15) is 18.0 Å². The molecule has 1 atom stereocenters. The molecule has 4 rings (SSSR count). The van der Waals surface area contributed by atoms with Gasteiger partial charge in [-0.25, -0.2) is 13.2 Å². The third-order valence-corrected chi connectivity index (χ3v) is 6.31. The van der Waals surface area contributed by atoms with Crippen molar-refractivity contribution in [1.29, 1.82) is 0 Å². The van der Waals surface area contributed by atoms with Crippen LogP contribution in [-0.4, -0.2) is 50.5 Å². The van der Waals surface area contributed by atoms with Gasteiger partial charge in [-0.1, -0.05) is 5.16 Å². The molecule has 2 amide bonds. The van der Waals surface area contributed by atoms with Crippen molar-refractivity contribution < 1.29 is 27.3 Å². The predicted molar refractivity (Wildman–Crippen MR) is 94.0 cm³/mol. The molecule has 10 heteroatoms. The fourth-order valence-electron chi connectivity index (χ4n) is 3.26. The van der Waals surface area contributed by atoms with Crippen LogP contribution >= 0.6 is 0 Å². The number of nitrogens with one attached hydrogen (secondary N) is 1. The van der Waals surface area contributed by atoms with Crippen LogP contribution in [0.15, 0.2) is 33.8 Å². The van der Waals surface area contributed by atoms with Crippen LogP contribution in [0.5, 0.6) is 0 Å². The molecule has 0 spiro atoms. The lowest BCUT2D eigenvalue weighted by atomic mass is 10.0. The van der Waals surface area contributed by atoms with Gasteiger partial charge in [-0.05, 0) is 30.2 Å². The molecule has 142 valence electrons. The summed E-state index contributed by atoms with van der Waals surface area (Å²) in [4.78, 5) is 24.8. The van der Waals surface area contributed by atoms with Gasteiger partial charge in [-0.3, -0.25) is 9.69 Å². The summed E-state index contributed by atoms with van der Waals surface area (Å²) in [6.07, 6.45) is 0.569. The van der Waals surface area contributed by atoms with E-state index in [0.29, 0.717) is 24.2 Å². The number of anilines is 1. The van der Waals surface area contributed by atoms with E-state index in [-0.39, 0.29) is 28.9 Å². The average Bonchev–Trinajstić information content (AvgIpc) is 3.23. The smallest absolute Gasteiger partial charge is 0.414 e. The summed E-state index contributed by atoms with van der Waals surface area (Å²) in [6, 6.07) is 5.21. The molecule has 1 fully saturated rings. The minimum Gasteiger partial charge on any atom is -0.442 e. The summed E-state index contributed by atoms with van der Waals surface area (Å²) < 4.78 is 35.2. The van der Waals surface area contributed by atoms with Gasteiger partial charge in [0.15, 0.2) is 15.6 Å². The number of aryl methyl sites for hydroxylation is 1. The Hall–Kier alpha value is -2.88. The highest BCUT2D eigenvalue weighted by Crippen LogP contribution is 2.36. The van der Waals surface area contributed by atoms with Crippen molar-refractivity contribution in [1.82, 2.24) is 10.5 Å². The van der Waals surface area contributed by atoms with Gasteiger partial charge in [0.05, 0.1) is 25.0 Å². The van der Waals surface area contributed by atoms with Crippen LogP contribution in [0, 0.1) is 0 Å². The summed E-state index contributed by atoms with van der Waals surface area (Å²) in [5.74, 6) is -0.0343. The maximum absolute atomic E-state index is 12.4. The number of carbonyl (C=O) groups is 2. The molecule has 1 aromatic heterocycles. The topological polar surface area (TPSA) is 119 Å². The number of hydrogen-bond donors (Lipinski definition) is 1. The minimum absolute atomic E-state index is 0.0622. The maximum Gasteiger partial charge on any atom is 0.414 e. The van der Waals surface area contributed by atoms with E-state index in [1.807, 2.05) is 0 Å². The van der Waals surface area contributed by atoms with Crippen LogP contribution in [0.4, 0.5) is 10.5 Å². The average molecular weight is 391 g/mol. The van der Waals surface area contributed by atoms with Crippen molar-refractivity contribution in [3.63, 3.8) is 0 Å². The van der Waals surface area contributed by atoms with Gasteiger partial charge >= 0.3 is 6.09 Å². The Balaban J connectivity index is 1.63. The van der Waals surface area contributed by atoms with Crippen molar-refractivity contribution in [3.05, 3.63) is 30.0 Å². The summed E-state index contributed by atoms with van der Waals surface area (Å²) in [6.45, 7) is 1.93. The number of rotatable bonds is 3. The van der Waals surface area contributed by atoms with Crippen LogP contribution < -0.4 is 10.2 Å². The van der Waals surface area contributed by atoms with Crippen LogP contribution in [0.3, 0.4) is 0 Å². The second-order valence-electron chi connectivity index (χ2n) is 6.48. The summed E-state index contributed by atoms with van der Waals surface area (Å²) in [5.41, 5.74) is 2.00.